The van der Waals surface area contributed by atoms with Gasteiger partial charge in [-0.05, 0) is 38.0 Å². The lowest BCUT2D eigenvalue weighted by molar-refractivity contribution is -0.138. The molecule has 0 aliphatic carbocycles. The molecular formula is C14H18O4. The number of hydrogen-bond acceptors (Lipinski definition) is 3. The van der Waals surface area contributed by atoms with Gasteiger partial charge in [0.15, 0.2) is 11.5 Å². The number of methoxy groups -OCH3 is 1. The van der Waals surface area contributed by atoms with Crippen LogP contribution < -0.4 is 4.74 Å². The maximum Gasteiger partial charge on any atom is 0.311 e. The summed E-state index contributed by atoms with van der Waals surface area (Å²) in [5.74, 6) is -1.22. The SMILES string of the molecule is COc1cc(C(CC=C(C)C)C(=O)O)ccc1O. The molecule has 4 heteroatoms. The zero-order valence-corrected chi connectivity index (χ0v) is 10.8. The van der Waals surface area contributed by atoms with Crippen LogP contribution in [0.2, 0.25) is 0 Å². The molecule has 0 bridgehead atoms. The van der Waals surface area contributed by atoms with E-state index in [1.165, 1.54) is 13.2 Å². The molecule has 98 valence electrons. The van der Waals surface area contributed by atoms with Crippen molar-refractivity contribution in [3.05, 3.63) is 35.4 Å². The molecule has 0 radical (unpaired) electrons. The van der Waals surface area contributed by atoms with Gasteiger partial charge >= 0.3 is 5.97 Å². The smallest absolute Gasteiger partial charge is 0.311 e. The second kappa shape index (κ2) is 6.10. The summed E-state index contributed by atoms with van der Waals surface area (Å²) in [6.45, 7) is 3.85. The molecule has 0 aliphatic rings. The molecule has 0 spiro atoms. The molecule has 1 atom stereocenters. The Bertz CT molecular complexity index is 459. The lowest BCUT2D eigenvalue weighted by atomic mass is 9.94. The first-order chi connectivity index (χ1) is 8.45. The van der Waals surface area contributed by atoms with Gasteiger partial charge in [-0.25, -0.2) is 0 Å². The number of aromatic hydroxyl groups is 1. The van der Waals surface area contributed by atoms with Crippen molar-refractivity contribution in [3.8, 4) is 11.5 Å². The number of aliphatic carboxylic acids is 1. The topological polar surface area (TPSA) is 66.8 Å². The van der Waals surface area contributed by atoms with E-state index >= 15 is 0 Å². The van der Waals surface area contributed by atoms with Crippen molar-refractivity contribution in [2.24, 2.45) is 0 Å². The van der Waals surface area contributed by atoms with E-state index in [1.807, 2.05) is 19.9 Å². The summed E-state index contributed by atoms with van der Waals surface area (Å²) >= 11 is 0. The van der Waals surface area contributed by atoms with Crippen molar-refractivity contribution < 1.29 is 19.7 Å². The molecule has 0 amide bonds. The molecule has 0 saturated carbocycles. The summed E-state index contributed by atoms with van der Waals surface area (Å²) in [4.78, 5) is 11.3. The predicted octanol–water partition coefficient (Wildman–Crippen LogP) is 2.93. The maximum absolute atomic E-state index is 11.3. The molecule has 1 rings (SSSR count). The average molecular weight is 250 g/mol. The first kappa shape index (κ1) is 14.1. The number of phenolic OH excluding ortho intramolecular Hbond substituents is 1. The summed E-state index contributed by atoms with van der Waals surface area (Å²) < 4.78 is 4.98. The Kier molecular flexibility index (Phi) is 4.77. The Hall–Kier alpha value is -1.97. The zero-order valence-electron chi connectivity index (χ0n) is 10.8. The first-order valence-electron chi connectivity index (χ1n) is 5.68. The number of benzene rings is 1. The molecular weight excluding hydrogens is 232 g/mol. The normalized spacial score (nSPS) is 11.7. The molecule has 0 aliphatic heterocycles. The quantitative estimate of drug-likeness (QED) is 0.788. The minimum Gasteiger partial charge on any atom is -0.504 e. The van der Waals surface area contributed by atoms with E-state index in [0.717, 1.165) is 5.57 Å². The van der Waals surface area contributed by atoms with E-state index in [0.29, 0.717) is 12.0 Å². The fourth-order valence-electron chi connectivity index (χ4n) is 1.64. The number of carbonyl (C=O) groups is 1. The van der Waals surface area contributed by atoms with Crippen molar-refractivity contribution in [2.75, 3.05) is 7.11 Å². The number of hydrogen-bond donors (Lipinski definition) is 2. The summed E-state index contributed by atoms with van der Waals surface area (Å²) in [5, 5.41) is 18.7. The van der Waals surface area contributed by atoms with Crippen LogP contribution in [0.1, 0.15) is 31.7 Å². The largest absolute Gasteiger partial charge is 0.504 e. The van der Waals surface area contributed by atoms with Crippen LogP contribution in [0.4, 0.5) is 0 Å². The van der Waals surface area contributed by atoms with Gasteiger partial charge in [0.2, 0.25) is 0 Å². The van der Waals surface area contributed by atoms with Gasteiger partial charge in [0.25, 0.3) is 0 Å². The van der Waals surface area contributed by atoms with E-state index in [9.17, 15) is 15.0 Å². The number of rotatable bonds is 5. The molecule has 2 N–H and O–H groups in total. The second-order valence-corrected chi connectivity index (χ2v) is 4.34. The summed E-state index contributed by atoms with van der Waals surface area (Å²) in [7, 11) is 1.44. The van der Waals surface area contributed by atoms with Gasteiger partial charge in [-0.2, -0.15) is 0 Å². The highest BCUT2D eigenvalue weighted by Crippen LogP contribution is 2.31. The van der Waals surface area contributed by atoms with Gasteiger partial charge in [-0.1, -0.05) is 17.7 Å². The minimum atomic E-state index is -0.889. The molecule has 1 unspecified atom stereocenters. The molecule has 0 heterocycles. The van der Waals surface area contributed by atoms with Crippen molar-refractivity contribution in [3.63, 3.8) is 0 Å². The van der Waals surface area contributed by atoms with Gasteiger partial charge in [0.05, 0.1) is 13.0 Å². The summed E-state index contributed by atoms with van der Waals surface area (Å²) in [6.07, 6.45) is 2.31. The highest BCUT2D eigenvalue weighted by Gasteiger charge is 2.19. The summed E-state index contributed by atoms with van der Waals surface area (Å²) in [6, 6.07) is 4.62. The van der Waals surface area contributed by atoms with Gasteiger partial charge in [-0.15, -0.1) is 0 Å². The summed E-state index contributed by atoms with van der Waals surface area (Å²) in [5.41, 5.74) is 1.70. The Morgan fingerprint density at radius 2 is 2.11 bits per heavy atom. The first-order valence-corrected chi connectivity index (χ1v) is 5.68. The lowest BCUT2D eigenvalue weighted by Gasteiger charge is -2.13. The van der Waals surface area contributed by atoms with Crippen LogP contribution in [0, 0.1) is 0 Å². The van der Waals surface area contributed by atoms with Crippen LogP contribution >= 0.6 is 0 Å². The number of ether oxygens (including phenoxy) is 1. The van der Waals surface area contributed by atoms with E-state index < -0.39 is 11.9 Å². The van der Waals surface area contributed by atoms with Crippen molar-refractivity contribution >= 4 is 5.97 Å². The van der Waals surface area contributed by atoms with E-state index in [4.69, 9.17) is 4.74 Å². The maximum atomic E-state index is 11.3. The van der Waals surface area contributed by atoms with Crippen LogP contribution in [0.5, 0.6) is 11.5 Å². The predicted molar refractivity (Wildman–Crippen MR) is 69.1 cm³/mol. The van der Waals surface area contributed by atoms with E-state index in [-0.39, 0.29) is 11.5 Å². The van der Waals surface area contributed by atoms with Crippen LogP contribution in [0.15, 0.2) is 29.8 Å². The van der Waals surface area contributed by atoms with Crippen LogP contribution in [0.25, 0.3) is 0 Å². The highest BCUT2D eigenvalue weighted by molar-refractivity contribution is 5.76. The van der Waals surface area contributed by atoms with Crippen LogP contribution in [-0.2, 0) is 4.79 Å². The molecule has 0 fully saturated rings. The van der Waals surface area contributed by atoms with Gasteiger partial charge in [-0.3, -0.25) is 4.79 Å². The Morgan fingerprint density at radius 1 is 1.44 bits per heavy atom. The zero-order chi connectivity index (χ0) is 13.7. The molecule has 18 heavy (non-hydrogen) atoms. The third kappa shape index (κ3) is 3.52. The lowest BCUT2D eigenvalue weighted by Crippen LogP contribution is -2.11. The van der Waals surface area contributed by atoms with Crippen molar-refractivity contribution in [1.29, 1.82) is 0 Å². The second-order valence-electron chi connectivity index (χ2n) is 4.34. The van der Waals surface area contributed by atoms with Crippen LogP contribution in [0.3, 0.4) is 0 Å². The number of carboxylic acid groups (broad SMARTS) is 1. The van der Waals surface area contributed by atoms with Gasteiger partial charge < -0.3 is 14.9 Å². The Balaban J connectivity index is 3.06. The molecule has 0 saturated heterocycles. The van der Waals surface area contributed by atoms with Crippen molar-refractivity contribution in [1.82, 2.24) is 0 Å². The third-order valence-electron chi connectivity index (χ3n) is 2.67. The fourth-order valence-corrected chi connectivity index (χ4v) is 1.64. The van der Waals surface area contributed by atoms with Gasteiger partial charge in [0.1, 0.15) is 0 Å². The van der Waals surface area contributed by atoms with Crippen molar-refractivity contribution in [2.45, 2.75) is 26.2 Å². The van der Waals surface area contributed by atoms with Gasteiger partial charge in [0, 0.05) is 0 Å². The molecule has 1 aromatic rings. The number of carboxylic acids is 1. The highest BCUT2D eigenvalue weighted by atomic mass is 16.5. The number of allylic oxidation sites excluding steroid dienone is 2. The standard InChI is InChI=1S/C14H18O4/c1-9(2)4-6-11(14(16)17)10-5-7-12(15)13(8-10)18-3/h4-5,7-8,11,15H,6H2,1-3H3,(H,16,17). The Morgan fingerprint density at radius 3 is 2.61 bits per heavy atom. The van der Waals surface area contributed by atoms with Crippen LogP contribution in [-0.4, -0.2) is 23.3 Å². The monoisotopic (exact) mass is 250 g/mol. The van der Waals surface area contributed by atoms with E-state index in [2.05, 4.69) is 0 Å². The Labute approximate surface area is 107 Å². The fraction of sp³-hybridized carbons (Fsp3) is 0.357. The molecule has 4 nitrogen and oxygen atoms in total. The molecule has 0 aromatic heterocycles. The molecule has 1 aromatic carbocycles. The minimum absolute atomic E-state index is 0.00704. The average Bonchev–Trinajstić information content (AvgIpc) is 2.30. The third-order valence-corrected chi connectivity index (χ3v) is 2.67. The number of phenols is 1. The van der Waals surface area contributed by atoms with E-state index in [1.54, 1.807) is 12.1 Å².